The van der Waals surface area contributed by atoms with E-state index in [4.69, 9.17) is 11.6 Å². The van der Waals surface area contributed by atoms with Crippen molar-refractivity contribution in [3.05, 3.63) is 63.2 Å². The van der Waals surface area contributed by atoms with Crippen LogP contribution in [0.15, 0.2) is 41.9 Å². The number of hydrogen-bond donors (Lipinski definition) is 0. The van der Waals surface area contributed by atoms with E-state index in [1.54, 1.807) is 27.3 Å². The van der Waals surface area contributed by atoms with E-state index in [0.717, 1.165) is 16.0 Å². The average Bonchev–Trinajstić information content (AvgIpc) is 3.39. The van der Waals surface area contributed by atoms with Gasteiger partial charge in [-0.3, -0.25) is 9.59 Å². The van der Waals surface area contributed by atoms with Gasteiger partial charge in [0.25, 0.3) is 11.8 Å². The van der Waals surface area contributed by atoms with Crippen molar-refractivity contribution >= 4 is 46.1 Å². The van der Waals surface area contributed by atoms with Gasteiger partial charge in [0, 0.05) is 26.2 Å². The predicted octanol–water partition coefficient (Wildman–Crippen LogP) is 4.26. The van der Waals surface area contributed by atoms with Gasteiger partial charge in [0.1, 0.15) is 15.7 Å². The molecular formula is C19H15ClFN3O2S2. The van der Waals surface area contributed by atoms with Crippen LogP contribution in [-0.2, 0) is 0 Å². The first-order chi connectivity index (χ1) is 13.5. The topological polar surface area (TPSA) is 53.5 Å². The van der Waals surface area contributed by atoms with Gasteiger partial charge in [-0.25, -0.2) is 9.37 Å². The lowest BCUT2D eigenvalue weighted by molar-refractivity contribution is 0.0538. The number of carbonyl (C=O) groups is 2. The zero-order chi connectivity index (χ0) is 19.7. The number of nitrogens with zero attached hydrogens (tertiary/aromatic N) is 3. The summed E-state index contributed by atoms with van der Waals surface area (Å²) < 4.78 is 13.2. The average molecular weight is 436 g/mol. The smallest absolute Gasteiger partial charge is 0.265 e. The molecule has 1 aliphatic rings. The van der Waals surface area contributed by atoms with Gasteiger partial charge in [0.05, 0.1) is 21.7 Å². The quantitative estimate of drug-likeness (QED) is 0.617. The molecule has 1 saturated heterocycles. The molecule has 0 saturated carbocycles. The first kappa shape index (κ1) is 19.0. The molecule has 0 aliphatic carbocycles. The molecule has 2 amide bonds. The Kier molecular flexibility index (Phi) is 5.43. The Morgan fingerprint density at radius 1 is 1.07 bits per heavy atom. The monoisotopic (exact) mass is 435 g/mol. The summed E-state index contributed by atoms with van der Waals surface area (Å²) in [5.74, 6) is -0.814. The van der Waals surface area contributed by atoms with E-state index < -0.39 is 5.82 Å². The maximum absolute atomic E-state index is 13.2. The second-order valence-corrected chi connectivity index (χ2v) is 8.60. The molecule has 144 valence electrons. The Hall–Kier alpha value is -2.29. The summed E-state index contributed by atoms with van der Waals surface area (Å²) in [7, 11) is 0. The molecule has 1 aliphatic heterocycles. The molecule has 0 unspecified atom stereocenters. The SMILES string of the molecule is O=C(c1cnc(-c2cccs2)s1)N1CCN(C(=O)c2ccc(F)cc2Cl)CC1. The number of carbonyl (C=O) groups excluding carboxylic acids is 2. The van der Waals surface area contributed by atoms with Crippen molar-refractivity contribution in [3.8, 4) is 9.88 Å². The summed E-state index contributed by atoms with van der Waals surface area (Å²) in [6, 6.07) is 7.66. The Morgan fingerprint density at radius 3 is 2.43 bits per heavy atom. The molecule has 5 nitrogen and oxygen atoms in total. The molecule has 2 aromatic heterocycles. The molecule has 1 aromatic carbocycles. The first-order valence-corrected chi connectivity index (χ1v) is 10.6. The lowest BCUT2D eigenvalue weighted by Crippen LogP contribution is -2.50. The van der Waals surface area contributed by atoms with Gasteiger partial charge >= 0.3 is 0 Å². The van der Waals surface area contributed by atoms with E-state index in [0.29, 0.717) is 31.1 Å². The van der Waals surface area contributed by atoms with E-state index in [1.807, 2.05) is 17.5 Å². The van der Waals surface area contributed by atoms with Gasteiger partial charge in [-0.1, -0.05) is 17.7 Å². The standard InChI is InChI=1S/C19H15ClFN3O2S2/c20-14-10-12(21)3-4-13(14)18(25)23-5-7-24(8-6-23)19(26)16-11-22-17(28-16)15-2-1-9-27-15/h1-4,9-11H,5-8H2. The summed E-state index contributed by atoms with van der Waals surface area (Å²) in [6.45, 7) is 1.65. The normalized spacial score (nSPS) is 14.4. The minimum atomic E-state index is -0.483. The Balaban J connectivity index is 1.40. The number of thiazole rings is 1. The number of halogens is 2. The number of benzene rings is 1. The van der Waals surface area contributed by atoms with Crippen LogP contribution in [0.5, 0.6) is 0 Å². The molecule has 3 aromatic rings. The van der Waals surface area contributed by atoms with Crippen LogP contribution in [0.25, 0.3) is 9.88 Å². The van der Waals surface area contributed by atoms with Crippen molar-refractivity contribution in [2.75, 3.05) is 26.2 Å². The summed E-state index contributed by atoms with van der Waals surface area (Å²) in [4.78, 5) is 34.7. The molecule has 0 atom stereocenters. The number of hydrogen-bond acceptors (Lipinski definition) is 5. The van der Waals surface area contributed by atoms with Crippen LogP contribution >= 0.6 is 34.3 Å². The third-order valence-corrected chi connectivity index (χ3v) is 6.80. The molecule has 0 radical (unpaired) electrons. The molecule has 4 rings (SSSR count). The van der Waals surface area contributed by atoms with E-state index in [-0.39, 0.29) is 22.4 Å². The highest BCUT2D eigenvalue weighted by atomic mass is 35.5. The second-order valence-electron chi connectivity index (χ2n) is 6.22. The molecule has 0 bridgehead atoms. The van der Waals surface area contributed by atoms with Crippen LogP contribution in [0.2, 0.25) is 5.02 Å². The highest BCUT2D eigenvalue weighted by Gasteiger charge is 2.27. The summed E-state index contributed by atoms with van der Waals surface area (Å²) in [6.07, 6.45) is 1.61. The second kappa shape index (κ2) is 7.98. The molecule has 0 spiro atoms. The van der Waals surface area contributed by atoms with E-state index in [1.165, 1.54) is 23.5 Å². The molecule has 0 N–H and O–H groups in total. The highest BCUT2D eigenvalue weighted by Crippen LogP contribution is 2.29. The van der Waals surface area contributed by atoms with Crippen LogP contribution in [0.1, 0.15) is 20.0 Å². The molecular weight excluding hydrogens is 421 g/mol. The van der Waals surface area contributed by atoms with Crippen molar-refractivity contribution in [1.29, 1.82) is 0 Å². The largest absolute Gasteiger partial charge is 0.335 e. The van der Waals surface area contributed by atoms with E-state index in [2.05, 4.69) is 4.98 Å². The maximum Gasteiger partial charge on any atom is 0.265 e. The summed E-state index contributed by atoms with van der Waals surface area (Å²) >= 11 is 8.95. The van der Waals surface area contributed by atoms with Crippen molar-refractivity contribution in [2.24, 2.45) is 0 Å². The zero-order valence-corrected chi connectivity index (χ0v) is 17.0. The minimum Gasteiger partial charge on any atom is -0.335 e. The van der Waals surface area contributed by atoms with Gasteiger partial charge in [0.15, 0.2) is 0 Å². The summed E-state index contributed by atoms with van der Waals surface area (Å²) in [5.41, 5.74) is 0.269. The van der Waals surface area contributed by atoms with Crippen LogP contribution in [0.4, 0.5) is 4.39 Å². The fourth-order valence-electron chi connectivity index (χ4n) is 2.99. The van der Waals surface area contributed by atoms with Crippen molar-refractivity contribution in [3.63, 3.8) is 0 Å². The van der Waals surface area contributed by atoms with E-state index >= 15 is 0 Å². The van der Waals surface area contributed by atoms with Gasteiger partial charge in [0.2, 0.25) is 0 Å². The Bertz CT molecular complexity index is 1010. The minimum absolute atomic E-state index is 0.0766. The van der Waals surface area contributed by atoms with Crippen LogP contribution in [0, 0.1) is 5.82 Å². The zero-order valence-electron chi connectivity index (χ0n) is 14.6. The van der Waals surface area contributed by atoms with E-state index in [9.17, 15) is 14.0 Å². The van der Waals surface area contributed by atoms with Gasteiger partial charge in [-0.2, -0.15) is 0 Å². The molecule has 9 heteroatoms. The number of thiophene rings is 1. The van der Waals surface area contributed by atoms with Gasteiger partial charge in [-0.15, -0.1) is 22.7 Å². The summed E-state index contributed by atoms with van der Waals surface area (Å²) in [5, 5.41) is 2.90. The predicted molar refractivity (Wildman–Crippen MR) is 109 cm³/mol. The number of aromatic nitrogens is 1. The van der Waals surface area contributed by atoms with Crippen LogP contribution < -0.4 is 0 Å². The maximum atomic E-state index is 13.2. The lowest BCUT2D eigenvalue weighted by atomic mass is 10.1. The van der Waals surface area contributed by atoms with Crippen molar-refractivity contribution in [1.82, 2.24) is 14.8 Å². The van der Waals surface area contributed by atoms with Gasteiger partial charge < -0.3 is 9.80 Å². The Morgan fingerprint density at radius 2 is 1.79 bits per heavy atom. The molecule has 28 heavy (non-hydrogen) atoms. The third-order valence-electron chi connectivity index (χ3n) is 4.46. The van der Waals surface area contributed by atoms with Crippen molar-refractivity contribution < 1.29 is 14.0 Å². The van der Waals surface area contributed by atoms with Crippen molar-refractivity contribution in [2.45, 2.75) is 0 Å². The molecule has 1 fully saturated rings. The fraction of sp³-hybridized carbons (Fsp3) is 0.211. The third kappa shape index (κ3) is 3.80. The molecule has 3 heterocycles. The number of piperazine rings is 1. The highest BCUT2D eigenvalue weighted by molar-refractivity contribution is 7.21. The lowest BCUT2D eigenvalue weighted by Gasteiger charge is -2.34. The first-order valence-electron chi connectivity index (χ1n) is 8.56. The van der Waals surface area contributed by atoms with Crippen LogP contribution in [-0.4, -0.2) is 52.8 Å². The Labute approximate surface area is 174 Å². The number of rotatable bonds is 3. The van der Waals surface area contributed by atoms with Crippen LogP contribution in [0.3, 0.4) is 0 Å². The van der Waals surface area contributed by atoms with Gasteiger partial charge in [-0.05, 0) is 29.6 Å². The number of amides is 2. The fourth-order valence-corrected chi connectivity index (χ4v) is 4.92.